The Morgan fingerprint density at radius 3 is 2.95 bits per heavy atom. The van der Waals surface area contributed by atoms with E-state index in [-0.39, 0.29) is 6.42 Å². The molecule has 7 heteroatoms. The zero-order chi connectivity index (χ0) is 13.8. The molecule has 2 aromatic rings. The van der Waals surface area contributed by atoms with Crippen LogP contribution in [0, 0.1) is 10.1 Å². The van der Waals surface area contributed by atoms with Gasteiger partial charge in [0.25, 0.3) is 0 Å². The van der Waals surface area contributed by atoms with E-state index in [2.05, 4.69) is 9.72 Å². The lowest BCUT2D eigenvalue weighted by atomic mass is 10.1. The largest absolute Gasteiger partial charge is 0.467 e. The second kappa shape index (κ2) is 5.38. The van der Waals surface area contributed by atoms with Crippen LogP contribution in [-0.2, 0) is 16.0 Å². The van der Waals surface area contributed by atoms with Gasteiger partial charge in [-0.3, -0.25) is 0 Å². The Hall–Kier alpha value is -2.57. The molecule has 1 unspecified atom stereocenters. The van der Waals surface area contributed by atoms with E-state index in [4.69, 9.17) is 0 Å². The topological polar surface area (TPSA) is 97.3 Å². The lowest BCUT2D eigenvalue weighted by molar-refractivity contribution is -0.548. The third-order valence-corrected chi connectivity index (χ3v) is 2.85. The minimum Gasteiger partial charge on any atom is -0.467 e. The molecule has 0 fully saturated rings. The Kier molecular flexibility index (Phi) is 3.65. The van der Waals surface area contributed by atoms with Crippen LogP contribution in [0.5, 0.6) is 0 Å². The summed E-state index contributed by atoms with van der Waals surface area (Å²) in [6.45, 7) is 0. The van der Waals surface area contributed by atoms with E-state index in [1.54, 1.807) is 6.20 Å². The smallest absolute Gasteiger partial charge is 0.334 e. The molecular weight excluding hydrogens is 250 g/mol. The van der Waals surface area contributed by atoms with Gasteiger partial charge in [-0.1, -0.05) is 18.2 Å². The van der Waals surface area contributed by atoms with Gasteiger partial charge < -0.3 is 9.72 Å². The summed E-state index contributed by atoms with van der Waals surface area (Å²) in [5, 5.41) is 10.7. The number of ether oxygens (including phenoxy) is 1. The number of hydrogen-bond donors (Lipinski definition) is 2. The monoisotopic (exact) mass is 263 g/mol. The molecule has 1 aromatic heterocycles. The maximum Gasteiger partial charge on any atom is 0.334 e. The second-order valence-corrected chi connectivity index (χ2v) is 4.03. The number of methoxy groups -OCH3 is 1. The number of esters is 1. The third kappa shape index (κ3) is 2.82. The first-order chi connectivity index (χ1) is 9.11. The number of carbonyl (C=O) groups is 1. The van der Waals surface area contributed by atoms with Gasteiger partial charge in [-0.2, -0.15) is 0 Å². The number of para-hydroxylation sites is 1. The van der Waals surface area contributed by atoms with Crippen molar-refractivity contribution in [1.82, 2.24) is 10.4 Å². The lowest BCUT2D eigenvalue weighted by Gasteiger charge is -2.10. The molecular formula is C12H13N3O4. The lowest BCUT2D eigenvalue weighted by Crippen LogP contribution is -2.42. The summed E-state index contributed by atoms with van der Waals surface area (Å²) in [6.07, 6.45) is 1.92. The van der Waals surface area contributed by atoms with Gasteiger partial charge in [0.2, 0.25) is 0 Å². The van der Waals surface area contributed by atoms with Crippen molar-refractivity contribution in [2.75, 3.05) is 7.11 Å². The molecule has 19 heavy (non-hydrogen) atoms. The SMILES string of the molecule is COC(=O)C(Cc1c[nH]c2ccccc12)N[N+](=O)[O-]. The highest BCUT2D eigenvalue weighted by Gasteiger charge is 2.25. The highest BCUT2D eigenvalue weighted by atomic mass is 16.7. The minimum absolute atomic E-state index is 0.178. The first-order valence-corrected chi connectivity index (χ1v) is 5.65. The molecule has 1 atom stereocenters. The number of nitrogens with one attached hydrogen (secondary N) is 2. The van der Waals surface area contributed by atoms with Crippen LogP contribution < -0.4 is 5.43 Å². The van der Waals surface area contributed by atoms with Gasteiger partial charge in [-0.25, -0.2) is 14.9 Å². The number of nitro groups is 1. The molecule has 0 amide bonds. The Balaban J connectivity index is 2.25. The average molecular weight is 263 g/mol. The Bertz CT molecular complexity index is 608. The molecule has 0 aliphatic rings. The molecule has 0 bridgehead atoms. The van der Waals surface area contributed by atoms with Crippen LogP contribution in [0.3, 0.4) is 0 Å². The zero-order valence-electron chi connectivity index (χ0n) is 10.3. The highest BCUT2D eigenvalue weighted by Crippen LogP contribution is 2.19. The molecule has 0 radical (unpaired) electrons. The van der Waals surface area contributed by atoms with Crippen LogP contribution in [0.4, 0.5) is 0 Å². The Labute approximate surface area is 108 Å². The fraction of sp³-hybridized carbons (Fsp3) is 0.250. The molecule has 0 saturated heterocycles. The predicted octanol–water partition coefficient (Wildman–Crippen LogP) is 1.03. The van der Waals surface area contributed by atoms with Crippen molar-refractivity contribution in [3.8, 4) is 0 Å². The van der Waals surface area contributed by atoms with E-state index in [1.165, 1.54) is 7.11 Å². The van der Waals surface area contributed by atoms with Crippen molar-refractivity contribution in [3.63, 3.8) is 0 Å². The molecule has 2 rings (SSSR count). The summed E-state index contributed by atoms with van der Waals surface area (Å²) >= 11 is 0. The molecule has 7 nitrogen and oxygen atoms in total. The number of carbonyl (C=O) groups excluding carboxylic acids is 1. The van der Waals surface area contributed by atoms with E-state index in [9.17, 15) is 14.9 Å². The number of H-pyrrole nitrogens is 1. The summed E-state index contributed by atoms with van der Waals surface area (Å²) < 4.78 is 4.56. The number of rotatable bonds is 5. The Morgan fingerprint density at radius 1 is 1.53 bits per heavy atom. The number of aromatic nitrogens is 1. The number of aromatic amines is 1. The van der Waals surface area contributed by atoms with Gasteiger partial charge in [-0.05, 0) is 11.6 Å². The fourth-order valence-corrected chi connectivity index (χ4v) is 1.97. The van der Waals surface area contributed by atoms with Crippen LogP contribution >= 0.6 is 0 Å². The number of nitrogens with zero attached hydrogens (tertiary/aromatic N) is 1. The van der Waals surface area contributed by atoms with Crippen molar-refractivity contribution in [1.29, 1.82) is 0 Å². The third-order valence-electron chi connectivity index (χ3n) is 2.85. The first-order valence-electron chi connectivity index (χ1n) is 5.65. The summed E-state index contributed by atoms with van der Waals surface area (Å²) in [6, 6.07) is 6.53. The number of fused-ring (bicyclic) bond motifs is 1. The van der Waals surface area contributed by atoms with Gasteiger partial charge in [0, 0.05) is 23.5 Å². The molecule has 2 N–H and O–H groups in total. The number of hydrogen-bond acceptors (Lipinski definition) is 4. The summed E-state index contributed by atoms with van der Waals surface area (Å²) in [5.74, 6) is -0.665. The van der Waals surface area contributed by atoms with Crippen LogP contribution in [-0.4, -0.2) is 29.1 Å². The van der Waals surface area contributed by atoms with Crippen molar-refractivity contribution in [2.45, 2.75) is 12.5 Å². The van der Waals surface area contributed by atoms with Gasteiger partial charge in [-0.15, -0.1) is 5.43 Å². The Morgan fingerprint density at radius 2 is 2.26 bits per heavy atom. The summed E-state index contributed by atoms with van der Waals surface area (Å²) in [7, 11) is 1.20. The molecule has 1 heterocycles. The van der Waals surface area contributed by atoms with Crippen LogP contribution in [0.15, 0.2) is 30.5 Å². The van der Waals surface area contributed by atoms with E-state index in [0.717, 1.165) is 16.5 Å². The van der Waals surface area contributed by atoms with Crippen molar-refractivity contribution in [3.05, 3.63) is 46.1 Å². The van der Waals surface area contributed by atoms with E-state index in [1.807, 2.05) is 29.7 Å². The van der Waals surface area contributed by atoms with E-state index < -0.39 is 17.0 Å². The number of benzene rings is 1. The molecule has 0 aliphatic heterocycles. The van der Waals surface area contributed by atoms with Gasteiger partial charge in [0.05, 0.1) is 7.11 Å². The predicted molar refractivity (Wildman–Crippen MR) is 67.9 cm³/mol. The molecule has 0 aliphatic carbocycles. The van der Waals surface area contributed by atoms with E-state index in [0.29, 0.717) is 0 Å². The van der Waals surface area contributed by atoms with Gasteiger partial charge >= 0.3 is 5.97 Å². The van der Waals surface area contributed by atoms with Crippen LogP contribution in [0.2, 0.25) is 0 Å². The molecule has 0 spiro atoms. The zero-order valence-corrected chi connectivity index (χ0v) is 10.3. The van der Waals surface area contributed by atoms with Gasteiger partial charge in [0.15, 0.2) is 11.1 Å². The standard InChI is InChI=1S/C12H13N3O4/c1-19-12(16)11(14-15(17)18)6-8-7-13-10-5-3-2-4-9(8)10/h2-5,7,11,13-14H,6H2,1H3. The quantitative estimate of drug-likeness (QED) is 0.477. The van der Waals surface area contributed by atoms with Crippen LogP contribution in [0.1, 0.15) is 5.56 Å². The second-order valence-electron chi connectivity index (χ2n) is 4.03. The maximum atomic E-state index is 11.5. The van der Waals surface area contributed by atoms with E-state index >= 15 is 0 Å². The first kappa shape index (κ1) is 12.9. The summed E-state index contributed by atoms with van der Waals surface area (Å²) in [5.41, 5.74) is 3.71. The van der Waals surface area contributed by atoms with Crippen LogP contribution in [0.25, 0.3) is 10.9 Å². The van der Waals surface area contributed by atoms with Crippen molar-refractivity contribution < 1.29 is 14.6 Å². The normalized spacial score (nSPS) is 12.1. The van der Waals surface area contributed by atoms with Gasteiger partial charge in [0.1, 0.15) is 0 Å². The average Bonchev–Trinajstić information content (AvgIpc) is 2.80. The molecule has 0 saturated carbocycles. The molecule has 100 valence electrons. The van der Waals surface area contributed by atoms with Crippen molar-refractivity contribution >= 4 is 16.9 Å². The summed E-state index contributed by atoms with van der Waals surface area (Å²) in [4.78, 5) is 25.1. The maximum absolute atomic E-state index is 11.5. The molecule has 1 aromatic carbocycles. The fourth-order valence-electron chi connectivity index (χ4n) is 1.97. The minimum atomic E-state index is -1.01. The van der Waals surface area contributed by atoms with Crippen molar-refractivity contribution in [2.24, 2.45) is 0 Å². The number of hydrazine groups is 1. The highest BCUT2D eigenvalue weighted by molar-refractivity contribution is 5.84.